The molecule has 0 bridgehead atoms. The van der Waals surface area contributed by atoms with Crippen LogP contribution in [0.25, 0.3) is 0 Å². The number of hydrogen-bond donors (Lipinski definition) is 0. The lowest BCUT2D eigenvalue weighted by Crippen LogP contribution is -2.20. The summed E-state index contributed by atoms with van der Waals surface area (Å²) in [4.78, 5) is 5.47. The Bertz CT molecular complexity index is 572. The second-order valence-corrected chi connectivity index (χ2v) is 11.6. The standard InChI is InChI=1S/C18H18S5/c1-5-15(22-17-9-19-10-17)6-2-13(1)21-14-3-7-16(8-4-14)23-18-11-20-12-18/h1-8,17-18H,9-12H2. The van der Waals surface area contributed by atoms with Crippen molar-refractivity contribution in [2.24, 2.45) is 0 Å². The van der Waals surface area contributed by atoms with Gasteiger partial charge in [-0.05, 0) is 48.5 Å². The topological polar surface area (TPSA) is 0 Å². The third-order valence-corrected chi connectivity index (χ3v) is 10.5. The van der Waals surface area contributed by atoms with Gasteiger partial charge in [-0.2, -0.15) is 23.5 Å². The summed E-state index contributed by atoms with van der Waals surface area (Å²) in [6, 6.07) is 18.1. The van der Waals surface area contributed by atoms with Crippen molar-refractivity contribution in [2.45, 2.75) is 30.1 Å². The monoisotopic (exact) mass is 394 g/mol. The summed E-state index contributed by atoms with van der Waals surface area (Å²) in [5.41, 5.74) is 0. The molecule has 2 heterocycles. The molecule has 2 aromatic carbocycles. The van der Waals surface area contributed by atoms with E-state index in [1.807, 2.05) is 35.3 Å². The van der Waals surface area contributed by atoms with E-state index in [-0.39, 0.29) is 0 Å². The van der Waals surface area contributed by atoms with Crippen LogP contribution in [0.5, 0.6) is 0 Å². The highest BCUT2D eigenvalue weighted by molar-refractivity contribution is 8.07. The van der Waals surface area contributed by atoms with Gasteiger partial charge in [0.25, 0.3) is 0 Å². The van der Waals surface area contributed by atoms with E-state index in [1.165, 1.54) is 42.6 Å². The van der Waals surface area contributed by atoms with Gasteiger partial charge >= 0.3 is 0 Å². The van der Waals surface area contributed by atoms with Crippen molar-refractivity contribution in [3.63, 3.8) is 0 Å². The molecule has 23 heavy (non-hydrogen) atoms. The largest absolute Gasteiger partial charge is 0.160 e. The van der Waals surface area contributed by atoms with Gasteiger partial charge in [-0.25, -0.2) is 0 Å². The van der Waals surface area contributed by atoms with Crippen LogP contribution in [0.3, 0.4) is 0 Å². The molecule has 4 rings (SSSR count). The normalized spacial score (nSPS) is 18.4. The highest BCUT2D eigenvalue weighted by Gasteiger charge is 2.19. The average Bonchev–Trinajstić information content (AvgIpc) is 2.50. The maximum atomic E-state index is 2.27. The van der Waals surface area contributed by atoms with Gasteiger partial charge in [0.2, 0.25) is 0 Å². The Hall–Kier alpha value is 0.190. The van der Waals surface area contributed by atoms with Crippen LogP contribution in [-0.4, -0.2) is 33.5 Å². The second kappa shape index (κ2) is 8.05. The SMILES string of the molecule is c1cc(SC2CSC2)ccc1Sc1ccc(SC2CSC2)cc1. The fraction of sp³-hybridized carbons (Fsp3) is 0.333. The minimum Gasteiger partial charge on any atom is -0.160 e. The van der Waals surface area contributed by atoms with Crippen LogP contribution >= 0.6 is 58.8 Å². The van der Waals surface area contributed by atoms with E-state index in [2.05, 4.69) is 72.1 Å². The molecule has 2 aliphatic heterocycles. The fourth-order valence-electron chi connectivity index (χ4n) is 2.26. The lowest BCUT2D eigenvalue weighted by molar-refractivity contribution is 1.08. The van der Waals surface area contributed by atoms with Crippen LogP contribution in [0.2, 0.25) is 0 Å². The molecule has 2 aliphatic rings. The van der Waals surface area contributed by atoms with Crippen LogP contribution < -0.4 is 0 Å². The summed E-state index contributed by atoms with van der Waals surface area (Å²) < 4.78 is 0. The minimum atomic E-state index is 0.831. The molecule has 0 N–H and O–H groups in total. The molecule has 2 aromatic rings. The molecule has 0 amide bonds. The van der Waals surface area contributed by atoms with Crippen molar-refractivity contribution in [1.29, 1.82) is 0 Å². The van der Waals surface area contributed by atoms with Crippen molar-refractivity contribution < 1.29 is 0 Å². The third-order valence-electron chi connectivity index (χ3n) is 3.70. The molecule has 2 saturated heterocycles. The van der Waals surface area contributed by atoms with Gasteiger partial charge in [-0.3, -0.25) is 0 Å². The number of thioether (sulfide) groups is 4. The van der Waals surface area contributed by atoms with Gasteiger partial charge in [0.05, 0.1) is 0 Å². The van der Waals surface area contributed by atoms with E-state index in [1.54, 1.807) is 0 Å². The first-order valence-corrected chi connectivity index (χ1v) is 12.6. The number of benzene rings is 2. The van der Waals surface area contributed by atoms with E-state index in [0.29, 0.717) is 0 Å². The molecular weight excluding hydrogens is 377 g/mol. The minimum absolute atomic E-state index is 0.831. The predicted octanol–water partition coefficient (Wildman–Crippen LogP) is 6.25. The molecule has 2 fully saturated rings. The fourth-order valence-corrected chi connectivity index (χ4v) is 7.53. The Morgan fingerprint density at radius 3 is 1.22 bits per heavy atom. The zero-order chi connectivity index (χ0) is 15.5. The van der Waals surface area contributed by atoms with E-state index in [0.717, 1.165) is 10.5 Å². The second-order valence-electron chi connectivity index (χ2n) is 5.60. The Labute approximate surface area is 159 Å². The van der Waals surface area contributed by atoms with Gasteiger partial charge in [0, 0.05) is 53.1 Å². The summed E-state index contributed by atoms with van der Waals surface area (Å²) in [5, 5.41) is 1.66. The average molecular weight is 395 g/mol. The first kappa shape index (κ1) is 16.6. The Morgan fingerprint density at radius 2 is 0.913 bits per heavy atom. The zero-order valence-electron chi connectivity index (χ0n) is 12.6. The van der Waals surface area contributed by atoms with E-state index >= 15 is 0 Å². The smallest absolute Gasteiger partial charge is 0.0276 e. The molecule has 0 aromatic heterocycles. The summed E-state index contributed by atoms with van der Waals surface area (Å²) in [6.45, 7) is 0. The van der Waals surface area contributed by atoms with Gasteiger partial charge < -0.3 is 0 Å². The quantitative estimate of drug-likeness (QED) is 0.566. The van der Waals surface area contributed by atoms with Crippen LogP contribution in [0.15, 0.2) is 68.1 Å². The predicted molar refractivity (Wildman–Crippen MR) is 111 cm³/mol. The third kappa shape index (κ3) is 4.63. The highest BCUT2D eigenvalue weighted by atomic mass is 32.2. The van der Waals surface area contributed by atoms with Crippen molar-refractivity contribution in [3.8, 4) is 0 Å². The first-order chi connectivity index (χ1) is 11.3. The molecule has 0 radical (unpaired) electrons. The van der Waals surface area contributed by atoms with Crippen LogP contribution in [-0.2, 0) is 0 Å². The summed E-state index contributed by atoms with van der Waals surface area (Å²) in [5.74, 6) is 5.24. The molecule has 0 spiro atoms. The lowest BCUT2D eigenvalue weighted by Gasteiger charge is -2.24. The lowest BCUT2D eigenvalue weighted by atomic mass is 10.4. The summed E-state index contributed by atoms with van der Waals surface area (Å²) in [7, 11) is 0. The maximum absolute atomic E-state index is 2.27. The summed E-state index contributed by atoms with van der Waals surface area (Å²) >= 11 is 10.0. The molecule has 5 heteroatoms. The van der Waals surface area contributed by atoms with E-state index in [4.69, 9.17) is 0 Å². The molecule has 0 aliphatic carbocycles. The van der Waals surface area contributed by atoms with Gasteiger partial charge in [0.15, 0.2) is 0 Å². The molecule has 0 unspecified atom stereocenters. The Balaban J connectivity index is 1.33. The number of hydrogen-bond acceptors (Lipinski definition) is 5. The molecular formula is C18H18S5. The maximum Gasteiger partial charge on any atom is 0.0276 e. The van der Waals surface area contributed by atoms with Crippen molar-refractivity contribution in [3.05, 3.63) is 48.5 Å². The van der Waals surface area contributed by atoms with Gasteiger partial charge in [0.1, 0.15) is 0 Å². The van der Waals surface area contributed by atoms with E-state index < -0.39 is 0 Å². The van der Waals surface area contributed by atoms with Crippen LogP contribution in [0.4, 0.5) is 0 Å². The molecule has 120 valence electrons. The van der Waals surface area contributed by atoms with E-state index in [9.17, 15) is 0 Å². The van der Waals surface area contributed by atoms with Gasteiger partial charge in [-0.1, -0.05) is 11.8 Å². The molecule has 0 saturated carbocycles. The zero-order valence-corrected chi connectivity index (χ0v) is 16.7. The van der Waals surface area contributed by atoms with Crippen molar-refractivity contribution >= 4 is 58.8 Å². The Kier molecular flexibility index (Phi) is 5.82. The number of rotatable bonds is 6. The van der Waals surface area contributed by atoms with Gasteiger partial charge in [-0.15, -0.1) is 23.5 Å². The summed E-state index contributed by atoms with van der Waals surface area (Å²) in [6.07, 6.45) is 0. The molecule has 0 atom stereocenters. The molecule has 0 nitrogen and oxygen atoms in total. The van der Waals surface area contributed by atoms with Crippen LogP contribution in [0.1, 0.15) is 0 Å². The first-order valence-electron chi connectivity index (χ1n) is 7.72. The van der Waals surface area contributed by atoms with Crippen molar-refractivity contribution in [1.82, 2.24) is 0 Å². The van der Waals surface area contributed by atoms with Crippen LogP contribution in [0, 0.1) is 0 Å². The van der Waals surface area contributed by atoms with Crippen molar-refractivity contribution in [2.75, 3.05) is 23.0 Å². The highest BCUT2D eigenvalue weighted by Crippen LogP contribution is 2.37. The Morgan fingerprint density at radius 1 is 0.565 bits per heavy atom.